The fourth-order valence-corrected chi connectivity index (χ4v) is 3.77. The molecular weight excluding hydrogens is 391 g/mol. The standard InChI is InChI=1S/C26H33FN2O2/c1-21(2)15-28(18-26(30)20-31-19-22-8-4-3-5-9-22)17-25-12-7-13-29(25)16-23-10-6-11-24(27)14-23/h3-14,21,26,30H,15-20H2,1-2H3. The molecule has 166 valence electrons. The summed E-state index contributed by atoms with van der Waals surface area (Å²) in [6.45, 7) is 7.91. The molecule has 0 amide bonds. The van der Waals surface area contributed by atoms with Crippen LogP contribution in [0.15, 0.2) is 72.9 Å². The second-order valence-electron chi connectivity index (χ2n) is 8.50. The van der Waals surface area contributed by atoms with E-state index in [1.807, 2.05) is 48.7 Å². The topological polar surface area (TPSA) is 37.6 Å². The van der Waals surface area contributed by atoms with Crippen LogP contribution in [0.3, 0.4) is 0 Å². The molecule has 3 aromatic rings. The van der Waals surface area contributed by atoms with Crippen LogP contribution in [0.4, 0.5) is 4.39 Å². The lowest BCUT2D eigenvalue weighted by molar-refractivity contribution is 0.00644. The van der Waals surface area contributed by atoms with Crippen molar-refractivity contribution < 1.29 is 14.2 Å². The van der Waals surface area contributed by atoms with Gasteiger partial charge >= 0.3 is 0 Å². The van der Waals surface area contributed by atoms with Crippen LogP contribution in [0.25, 0.3) is 0 Å². The van der Waals surface area contributed by atoms with Gasteiger partial charge in [0.25, 0.3) is 0 Å². The Bertz CT molecular complexity index is 911. The highest BCUT2D eigenvalue weighted by molar-refractivity contribution is 5.19. The van der Waals surface area contributed by atoms with E-state index in [2.05, 4.69) is 29.4 Å². The summed E-state index contributed by atoms with van der Waals surface area (Å²) in [5.74, 6) is 0.260. The molecule has 0 aliphatic heterocycles. The lowest BCUT2D eigenvalue weighted by Gasteiger charge is -2.27. The maximum atomic E-state index is 13.5. The van der Waals surface area contributed by atoms with Crippen molar-refractivity contribution in [2.75, 3.05) is 19.7 Å². The first-order valence-electron chi connectivity index (χ1n) is 10.9. The maximum Gasteiger partial charge on any atom is 0.123 e. The van der Waals surface area contributed by atoms with Crippen LogP contribution >= 0.6 is 0 Å². The number of rotatable bonds is 12. The maximum absolute atomic E-state index is 13.5. The quantitative estimate of drug-likeness (QED) is 0.458. The van der Waals surface area contributed by atoms with E-state index in [1.165, 1.54) is 6.07 Å². The Morgan fingerprint density at radius 1 is 0.968 bits per heavy atom. The summed E-state index contributed by atoms with van der Waals surface area (Å²) in [5.41, 5.74) is 3.17. The monoisotopic (exact) mass is 424 g/mol. The molecule has 0 bridgehead atoms. The molecule has 4 nitrogen and oxygen atoms in total. The van der Waals surface area contributed by atoms with E-state index in [0.717, 1.165) is 29.9 Å². The van der Waals surface area contributed by atoms with Crippen LogP contribution in [0.1, 0.15) is 30.7 Å². The Morgan fingerprint density at radius 2 is 1.74 bits per heavy atom. The molecule has 1 atom stereocenters. The van der Waals surface area contributed by atoms with E-state index >= 15 is 0 Å². The van der Waals surface area contributed by atoms with Gasteiger partial charge in [-0.05, 0) is 41.3 Å². The average molecular weight is 425 g/mol. The first kappa shape index (κ1) is 23.2. The summed E-state index contributed by atoms with van der Waals surface area (Å²) in [6.07, 6.45) is 1.46. The van der Waals surface area contributed by atoms with Gasteiger partial charge in [0.05, 0.1) is 19.3 Å². The molecule has 0 spiro atoms. The zero-order valence-corrected chi connectivity index (χ0v) is 18.5. The van der Waals surface area contributed by atoms with Crippen molar-refractivity contribution in [1.29, 1.82) is 0 Å². The Kier molecular flexibility index (Phi) is 8.83. The Hall–Kier alpha value is -2.47. The third-order valence-corrected chi connectivity index (χ3v) is 5.07. The van der Waals surface area contributed by atoms with Crippen molar-refractivity contribution in [2.45, 2.75) is 39.6 Å². The molecule has 5 heteroatoms. The number of hydrogen-bond acceptors (Lipinski definition) is 3. The van der Waals surface area contributed by atoms with Crippen molar-refractivity contribution in [1.82, 2.24) is 9.47 Å². The molecule has 0 aliphatic carbocycles. The summed E-state index contributed by atoms with van der Waals surface area (Å²) >= 11 is 0. The van der Waals surface area contributed by atoms with Crippen LogP contribution in [0, 0.1) is 11.7 Å². The molecule has 0 saturated carbocycles. The fraction of sp³-hybridized carbons (Fsp3) is 0.385. The van der Waals surface area contributed by atoms with Crippen molar-refractivity contribution in [2.24, 2.45) is 5.92 Å². The second-order valence-corrected chi connectivity index (χ2v) is 8.50. The number of hydrogen-bond donors (Lipinski definition) is 1. The lowest BCUT2D eigenvalue weighted by atomic mass is 10.2. The van der Waals surface area contributed by atoms with Crippen molar-refractivity contribution >= 4 is 0 Å². The molecule has 0 radical (unpaired) electrons. The number of ether oxygens (including phenoxy) is 1. The summed E-state index contributed by atoms with van der Waals surface area (Å²) in [4.78, 5) is 2.26. The third kappa shape index (κ3) is 7.94. The van der Waals surface area contributed by atoms with E-state index < -0.39 is 6.10 Å². The highest BCUT2D eigenvalue weighted by atomic mass is 19.1. The van der Waals surface area contributed by atoms with Crippen molar-refractivity contribution in [3.63, 3.8) is 0 Å². The van der Waals surface area contributed by atoms with E-state index in [-0.39, 0.29) is 5.82 Å². The predicted octanol–water partition coefficient (Wildman–Crippen LogP) is 4.71. The zero-order chi connectivity index (χ0) is 22.1. The summed E-state index contributed by atoms with van der Waals surface area (Å²) in [6, 6.07) is 20.8. The van der Waals surface area contributed by atoms with Gasteiger partial charge in [-0.15, -0.1) is 0 Å². The first-order valence-corrected chi connectivity index (χ1v) is 10.9. The number of halogens is 1. The van der Waals surface area contributed by atoms with Crippen LogP contribution in [-0.4, -0.2) is 40.4 Å². The predicted molar refractivity (Wildman–Crippen MR) is 122 cm³/mol. The minimum Gasteiger partial charge on any atom is -0.389 e. The summed E-state index contributed by atoms with van der Waals surface area (Å²) < 4.78 is 21.4. The number of benzene rings is 2. The van der Waals surface area contributed by atoms with Crippen LogP contribution in [0.5, 0.6) is 0 Å². The molecule has 1 N–H and O–H groups in total. The van der Waals surface area contributed by atoms with Gasteiger partial charge in [-0.2, -0.15) is 0 Å². The van der Waals surface area contributed by atoms with Crippen LogP contribution in [0.2, 0.25) is 0 Å². The van der Waals surface area contributed by atoms with Crippen LogP contribution < -0.4 is 0 Å². The molecular formula is C26H33FN2O2. The number of aromatic nitrogens is 1. The van der Waals surface area contributed by atoms with Crippen molar-refractivity contribution in [3.05, 3.63) is 95.6 Å². The van der Waals surface area contributed by atoms with Gasteiger partial charge in [0.15, 0.2) is 0 Å². The Labute approximate surface area is 184 Å². The number of aliphatic hydroxyl groups excluding tert-OH is 1. The molecule has 1 aromatic heterocycles. The summed E-state index contributed by atoms with van der Waals surface area (Å²) in [5, 5.41) is 10.6. The number of nitrogens with zero attached hydrogens (tertiary/aromatic N) is 2. The molecule has 1 unspecified atom stereocenters. The molecule has 0 saturated heterocycles. The van der Waals surface area contributed by atoms with E-state index in [9.17, 15) is 9.50 Å². The van der Waals surface area contributed by atoms with Gasteiger partial charge < -0.3 is 14.4 Å². The van der Waals surface area contributed by atoms with E-state index in [4.69, 9.17) is 4.74 Å². The fourth-order valence-electron chi connectivity index (χ4n) is 3.77. The molecule has 1 heterocycles. The highest BCUT2D eigenvalue weighted by Gasteiger charge is 2.16. The van der Waals surface area contributed by atoms with Gasteiger partial charge in [0.2, 0.25) is 0 Å². The SMILES string of the molecule is CC(C)CN(Cc1cccn1Cc1cccc(F)c1)CC(O)COCc1ccccc1. The largest absolute Gasteiger partial charge is 0.389 e. The average Bonchev–Trinajstić information content (AvgIpc) is 3.14. The molecule has 0 aliphatic rings. The first-order chi connectivity index (χ1) is 15.0. The third-order valence-electron chi connectivity index (χ3n) is 5.07. The second kappa shape index (κ2) is 11.8. The molecule has 0 fully saturated rings. The Balaban J connectivity index is 1.56. The highest BCUT2D eigenvalue weighted by Crippen LogP contribution is 2.13. The number of aliphatic hydroxyl groups is 1. The normalized spacial score (nSPS) is 12.6. The van der Waals surface area contributed by atoms with Gasteiger partial charge in [0, 0.05) is 38.1 Å². The van der Waals surface area contributed by atoms with Gasteiger partial charge in [-0.3, -0.25) is 4.90 Å². The lowest BCUT2D eigenvalue weighted by Crippen LogP contribution is -2.37. The van der Waals surface area contributed by atoms with Gasteiger partial charge in [-0.1, -0.05) is 56.3 Å². The van der Waals surface area contributed by atoms with E-state index in [0.29, 0.717) is 32.2 Å². The molecule has 2 aromatic carbocycles. The minimum atomic E-state index is -0.561. The van der Waals surface area contributed by atoms with Gasteiger partial charge in [-0.25, -0.2) is 4.39 Å². The zero-order valence-electron chi connectivity index (χ0n) is 18.5. The van der Waals surface area contributed by atoms with Crippen molar-refractivity contribution in [3.8, 4) is 0 Å². The minimum absolute atomic E-state index is 0.216. The molecule has 3 rings (SSSR count). The molecule has 31 heavy (non-hydrogen) atoms. The smallest absolute Gasteiger partial charge is 0.123 e. The summed E-state index contributed by atoms with van der Waals surface area (Å²) in [7, 11) is 0. The van der Waals surface area contributed by atoms with Gasteiger partial charge in [0.1, 0.15) is 5.82 Å². The van der Waals surface area contributed by atoms with E-state index in [1.54, 1.807) is 12.1 Å². The Morgan fingerprint density at radius 3 is 2.48 bits per heavy atom. The van der Waals surface area contributed by atoms with Crippen LogP contribution in [-0.2, 0) is 24.4 Å².